The summed E-state index contributed by atoms with van der Waals surface area (Å²) in [6.45, 7) is 4.73. The summed E-state index contributed by atoms with van der Waals surface area (Å²) in [7, 11) is 0. The number of aryl methyl sites for hydroxylation is 2. The summed E-state index contributed by atoms with van der Waals surface area (Å²) in [5, 5.41) is 0.929. The lowest BCUT2D eigenvalue weighted by molar-refractivity contribution is 0.149. The van der Waals surface area contributed by atoms with Crippen molar-refractivity contribution in [3.05, 3.63) is 66.1 Å². The molecule has 1 N–H and O–H groups in total. The number of nitrogens with one attached hydrogen (secondary N) is 1. The highest BCUT2D eigenvalue weighted by molar-refractivity contribution is 7.99. The van der Waals surface area contributed by atoms with Crippen molar-refractivity contribution in [2.45, 2.75) is 18.5 Å². The van der Waals surface area contributed by atoms with Crippen LogP contribution < -0.4 is 9.64 Å². The van der Waals surface area contributed by atoms with Gasteiger partial charge in [0.05, 0.1) is 0 Å². The average molecular weight is 424 g/mol. The van der Waals surface area contributed by atoms with Gasteiger partial charge in [-0.25, -0.2) is 14.8 Å². The Morgan fingerprint density at radius 2 is 1.93 bits per heavy atom. The Hall–Kier alpha value is -3.00. The standard InChI is InChI=1S/C22H25N5O2S/c1-17-3-2-4-20(25-17)26-12-14-27(15-13-26)22(28)29-19-7-5-18(6-8-19)9-16-30-21-23-10-11-24-21/h2-8,10-11H,9,12-16H2,1H3,(H,23,24). The van der Waals surface area contributed by atoms with E-state index in [1.807, 2.05) is 55.6 Å². The molecule has 0 aliphatic carbocycles. The number of benzene rings is 1. The van der Waals surface area contributed by atoms with Crippen molar-refractivity contribution in [3.8, 4) is 5.75 Å². The zero-order chi connectivity index (χ0) is 20.8. The molecule has 0 unspecified atom stereocenters. The third kappa shape index (κ3) is 5.33. The molecular weight excluding hydrogens is 398 g/mol. The van der Waals surface area contributed by atoms with Gasteiger partial charge >= 0.3 is 6.09 Å². The first kappa shape index (κ1) is 20.3. The van der Waals surface area contributed by atoms with Crippen molar-refractivity contribution in [2.24, 2.45) is 0 Å². The monoisotopic (exact) mass is 423 g/mol. The third-order valence-corrected chi connectivity index (χ3v) is 5.87. The molecule has 0 spiro atoms. The van der Waals surface area contributed by atoms with E-state index in [9.17, 15) is 4.79 Å². The van der Waals surface area contributed by atoms with Crippen molar-refractivity contribution < 1.29 is 9.53 Å². The van der Waals surface area contributed by atoms with E-state index in [0.717, 1.165) is 41.9 Å². The second-order valence-corrected chi connectivity index (χ2v) is 8.20. The van der Waals surface area contributed by atoms with Gasteiger partial charge in [-0.05, 0) is 43.2 Å². The van der Waals surface area contributed by atoms with Crippen LogP contribution in [0, 0.1) is 6.92 Å². The van der Waals surface area contributed by atoms with E-state index in [0.29, 0.717) is 18.8 Å². The number of rotatable bonds is 6. The number of thioether (sulfide) groups is 1. The number of aromatic amines is 1. The quantitative estimate of drug-likeness (QED) is 0.609. The minimum absolute atomic E-state index is 0.298. The zero-order valence-corrected chi connectivity index (χ0v) is 17.8. The van der Waals surface area contributed by atoms with E-state index in [1.165, 1.54) is 5.56 Å². The van der Waals surface area contributed by atoms with E-state index >= 15 is 0 Å². The molecule has 2 aromatic heterocycles. The summed E-state index contributed by atoms with van der Waals surface area (Å²) < 4.78 is 5.56. The average Bonchev–Trinajstić information content (AvgIpc) is 3.29. The predicted molar refractivity (Wildman–Crippen MR) is 118 cm³/mol. The number of hydrogen-bond donors (Lipinski definition) is 1. The fourth-order valence-corrected chi connectivity index (χ4v) is 4.13. The van der Waals surface area contributed by atoms with Crippen LogP contribution in [-0.4, -0.2) is 57.9 Å². The summed E-state index contributed by atoms with van der Waals surface area (Å²) >= 11 is 1.69. The van der Waals surface area contributed by atoms with Crippen molar-refractivity contribution in [3.63, 3.8) is 0 Å². The molecule has 1 fully saturated rings. The van der Waals surface area contributed by atoms with Gasteiger partial charge in [-0.2, -0.15) is 0 Å². The highest BCUT2D eigenvalue weighted by atomic mass is 32.2. The molecule has 1 saturated heterocycles. The molecule has 3 heterocycles. The fraction of sp³-hybridized carbons (Fsp3) is 0.318. The molecular formula is C22H25N5O2S. The van der Waals surface area contributed by atoms with E-state index in [-0.39, 0.29) is 6.09 Å². The molecule has 1 amide bonds. The Morgan fingerprint density at radius 3 is 2.63 bits per heavy atom. The third-order valence-electron chi connectivity index (χ3n) is 4.97. The lowest BCUT2D eigenvalue weighted by atomic mass is 10.2. The van der Waals surface area contributed by atoms with Crippen molar-refractivity contribution in [1.82, 2.24) is 19.9 Å². The molecule has 4 rings (SSSR count). The molecule has 156 valence electrons. The minimum Gasteiger partial charge on any atom is -0.410 e. The van der Waals surface area contributed by atoms with E-state index in [1.54, 1.807) is 22.9 Å². The Labute approximate surface area is 180 Å². The smallest absolute Gasteiger partial charge is 0.410 e. The van der Waals surface area contributed by atoms with Gasteiger partial charge in [0.1, 0.15) is 11.6 Å². The van der Waals surface area contributed by atoms with Crippen LogP contribution in [0.3, 0.4) is 0 Å². The normalized spacial score (nSPS) is 14.0. The number of hydrogen-bond acceptors (Lipinski definition) is 6. The number of anilines is 1. The van der Waals surface area contributed by atoms with Crippen LogP contribution in [0.4, 0.5) is 10.6 Å². The largest absolute Gasteiger partial charge is 0.415 e. The summed E-state index contributed by atoms with van der Waals surface area (Å²) in [6.07, 6.45) is 4.21. The Morgan fingerprint density at radius 1 is 1.13 bits per heavy atom. The summed E-state index contributed by atoms with van der Waals surface area (Å²) in [6, 6.07) is 13.7. The first-order valence-corrected chi connectivity index (χ1v) is 11.0. The van der Waals surface area contributed by atoms with Crippen molar-refractivity contribution in [1.29, 1.82) is 0 Å². The molecule has 8 heteroatoms. The van der Waals surface area contributed by atoms with Crippen LogP contribution in [0.5, 0.6) is 5.75 Å². The van der Waals surface area contributed by atoms with Gasteiger partial charge in [0, 0.05) is 50.0 Å². The van der Waals surface area contributed by atoms with Gasteiger partial charge in [0.15, 0.2) is 5.16 Å². The molecule has 1 aliphatic heterocycles. The topological polar surface area (TPSA) is 74.3 Å². The Bertz CT molecular complexity index is 954. The number of carbonyl (C=O) groups excluding carboxylic acids is 1. The highest BCUT2D eigenvalue weighted by Crippen LogP contribution is 2.19. The lowest BCUT2D eigenvalue weighted by Crippen LogP contribution is -2.49. The number of ether oxygens (including phenoxy) is 1. The number of carbonyl (C=O) groups is 1. The molecule has 30 heavy (non-hydrogen) atoms. The highest BCUT2D eigenvalue weighted by Gasteiger charge is 2.23. The number of pyridine rings is 1. The first-order chi connectivity index (χ1) is 14.7. The van der Waals surface area contributed by atoms with Gasteiger partial charge in [0.25, 0.3) is 0 Å². The van der Waals surface area contributed by atoms with Gasteiger partial charge in [-0.15, -0.1) is 0 Å². The predicted octanol–water partition coefficient (Wildman–Crippen LogP) is 3.77. The van der Waals surface area contributed by atoms with Crippen LogP contribution in [-0.2, 0) is 6.42 Å². The molecule has 0 atom stereocenters. The number of H-pyrrole nitrogens is 1. The Kier molecular flexibility index (Phi) is 6.53. The molecule has 3 aromatic rings. The molecule has 0 radical (unpaired) electrons. The zero-order valence-electron chi connectivity index (χ0n) is 17.0. The number of aromatic nitrogens is 3. The maximum atomic E-state index is 12.5. The lowest BCUT2D eigenvalue weighted by Gasteiger charge is -2.34. The number of nitrogens with zero attached hydrogens (tertiary/aromatic N) is 4. The van der Waals surface area contributed by atoms with Gasteiger partial charge in [-0.1, -0.05) is 30.0 Å². The molecule has 0 saturated carbocycles. The minimum atomic E-state index is -0.298. The molecule has 1 aromatic carbocycles. The fourth-order valence-electron chi connectivity index (χ4n) is 3.31. The van der Waals surface area contributed by atoms with Gasteiger partial charge < -0.3 is 19.5 Å². The second-order valence-electron chi connectivity index (χ2n) is 7.12. The summed E-state index contributed by atoms with van der Waals surface area (Å²) in [5.74, 6) is 2.47. The second kappa shape index (κ2) is 9.67. The number of imidazole rings is 1. The van der Waals surface area contributed by atoms with Gasteiger partial charge in [-0.3, -0.25) is 0 Å². The number of piperazine rings is 1. The molecule has 0 bridgehead atoms. The summed E-state index contributed by atoms with van der Waals surface area (Å²) in [5.41, 5.74) is 2.20. The van der Waals surface area contributed by atoms with Crippen molar-refractivity contribution in [2.75, 3.05) is 36.8 Å². The maximum Gasteiger partial charge on any atom is 0.415 e. The van der Waals surface area contributed by atoms with Crippen LogP contribution in [0.25, 0.3) is 0 Å². The molecule has 7 nitrogen and oxygen atoms in total. The Balaban J connectivity index is 1.23. The van der Waals surface area contributed by atoms with Crippen LogP contribution in [0.2, 0.25) is 0 Å². The van der Waals surface area contributed by atoms with E-state index in [2.05, 4.69) is 19.9 Å². The SMILES string of the molecule is Cc1cccc(N2CCN(C(=O)Oc3ccc(CCSc4ncc[nH]4)cc3)CC2)n1. The first-order valence-electron chi connectivity index (χ1n) is 10.0. The van der Waals surface area contributed by atoms with Crippen LogP contribution in [0.15, 0.2) is 60.0 Å². The van der Waals surface area contributed by atoms with Gasteiger partial charge in [0.2, 0.25) is 0 Å². The van der Waals surface area contributed by atoms with Crippen molar-refractivity contribution >= 4 is 23.7 Å². The number of amides is 1. The van der Waals surface area contributed by atoms with Crippen LogP contribution >= 0.6 is 11.8 Å². The maximum absolute atomic E-state index is 12.5. The van der Waals surface area contributed by atoms with E-state index < -0.39 is 0 Å². The van der Waals surface area contributed by atoms with E-state index in [4.69, 9.17) is 4.74 Å². The summed E-state index contributed by atoms with van der Waals surface area (Å²) in [4.78, 5) is 28.3. The molecule has 1 aliphatic rings. The van der Waals surface area contributed by atoms with Crippen LogP contribution in [0.1, 0.15) is 11.3 Å².